The summed E-state index contributed by atoms with van der Waals surface area (Å²) in [6.45, 7) is 8.49. The average Bonchev–Trinajstić information content (AvgIpc) is 3.17. The fourth-order valence-corrected chi connectivity index (χ4v) is 7.67. The fraction of sp³-hybridized carbons (Fsp3) is 0.667. The van der Waals surface area contributed by atoms with Crippen LogP contribution in [0.5, 0.6) is 0 Å². The topological polar surface area (TPSA) is 96.7 Å². The molecule has 5 aliphatic heterocycles. The summed E-state index contributed by atoms with van der Waals surface area (Å²) < 4.78 is 18.4. The molecule has 0 unspecified atom stereocenters. The van der Waals surface area contributed by atoms with Crippen LogP contribution >= 0.6 is 11.6 Å². The van der Waals surface area contributed by atoms with Crippen molar-refractivity contribution in [3.8, 4) is 0 Å². The van der Waals surface area contributed by atoms with Gasteiger partial charge in [-0.05, 0) is 18.1 Å². The highest BCUT2D eigenvalue weighted by molar-refractivity contribution is 6.60. The number of hydrogen-bond acceptors (Lipinski definition) is 10. The van der Waals surface area contributed by atoms with Crippen molar-refractivity contribution in [3.63, 3.8) is 0 Å². The Morgan fingerprint density at radius 2 is 1.82 bits per heavy atom. The number of fused-ring (bicyclic) bond motifs is 7. The van der Waals surface area contributed by atoms with E-state index >= 15 is 0 Å². The summed E-state index contributed by atoms with van der Waals surface area (Å²) in [5.74, 6) is 0.726. The van der Waals surface area contributed by atoms with E-state index in [0.717, 1.165) is 63.1 Å². The van der Waals surface area contributed by atoms with Crippen molar-refractivity contribution in [2.45, 2.75) is 19.0 Å². The van der Waals surface area contributed by atoms with E-state index in [1.807, 2.05) is 6.07 Å². The van der Waals surface area contributed by atoms with E-state index in [1.54, 1.807) is 12.3 Å². The standard InChI is InChI=1S/C21H31ClN6O5Si/c22-20-3-2-18(14-23-20)15-26-5-6-27-17-25(16-19(21(26)27)28(29)30)4-1-13-34-31-10-7-24(8-11-32-34)9-12-33-34/h2-3,14H,1,4-13,15-17H2. The first-order valence-corrected chi connectivity index (χ1v) is 14.2. The third-order valence-corrected chi connectivity index (χ3v) is 9.89. The van der Waals surface area contributed by atoms with Crippen LogP contribution in [0.15, 0.2) is 29.8 Å². The summed E-state index contributed by atoms with van der Waals surface area (Å²) in [5, 5.41) is 12.4. The molecule has 0 spiro atoms. The van der Waals surface area contributed by atoms with Gasteiger partial charge in [0.05, 0.1) is 38.0 Å². The Balaban J connectivity index is 1.22. The molecule has 0 aliphatic carbocycles. The number of hydrogen-bond donors (Lipinski definition) is 0. The lowest BCUT2D eigenvalue weighted by Crippen LogP contribution is -2.55. The van der Waals surface area contributed by atoms with Gasteiger partial charge in [-0.25, -0.2) is 4.98 Å². The van der Waals surface area contributed by atoms with Gasteiger partial charge >= 0.3 is 8.80 Å². The Labute approximate surface area is 205 Å². The van der Waals surface area contributed by atoms with E-state index in [9.17, 15) is 10.1 Å². The molecule has 13 heteroatoms. The van der Waals surface area contributed by atoms with Crippen molar-refractivity contribution in [1.82, 2.24) is 24.6 Å². The zero-order chi connectivity index (χ0) is 23.5. The van der Waals surface area contributed by atoms with Crippen molar-refractivity contribution < 1.29 is 18.2 Å². The maximum absolute atomic E-state index is 12.0. The number of nitrogens with zero attached hydrogens (tertiary/aromatic N) is 6. The van der Waals surface area contributed by atoms with Crippen molar-refractivity contribution >= 4 is 20.4 Å². The summed E-state index contributed by atoms with van der Waals surface area (Å²) in [4.78, 5) is 24.5. The van der Waals surface area contributed by atoms with Gasteiger partial charge in [-0.15, -0.1) is 0 Å². The maximum Gasteiger partial charge on any atom is 0.501 e. The van der Waals surface area contributed by atoms with Crippen LogP contribution in [0.4, 0.5) is 0 Å². The predicted molar refractivity (Wildman–Crippen MR) is 126 cm³/mol. The molecule has 4 saturated heterocycles. The van der Waals surface area contributed by atoms with E-state index in [0.29, 0.717) is 44.7 Å². The van der Waals surface area contributed by atoms with Crippen LogP contribution in [0.3, 0.4) is 0 Å². The smallest absolute Gasteiger partial charge is 0.372 e. The lowest BCUT2D eigenvalue weighted by atomic mass is 10.2. The number of aromatic nitrogens is 1. The monoisotopic (exact) mass is 510 g/mol. The lowest BCUT2D eigenvalue weighted by Gasteiger charge is -2.39. The Bertz CT molecular complexity index is 895. The summed E-state index contributed by atoms with van der Waals surface area (Å²) in [6, 6.07) is 4.40. The molecule has 1 aromatic heterocycles. The minimum Gasteiger partial charge on any atom is -0.372 e. The van der Waals surface area contributed by atoms with Crippen LogP contribution in [0.1, 0.15) is 12.0 Å². The Morgan fingerprint density at radius 1 is 1.09 bits per heavy atom. The van der Waals surface area contributed by atoms with Crippen LogP contribution in [0.25, 0.3) is 0 Å². The van der Waals surface area contributed by atoms with Crippen LogP contribution in [-0.4, -0.2) is 111 Å². The van der Waals surface area contributed by atoms with Crippen molar-refractivity contribution in [3.05, 3.63) is 50.7 Å². The predicted octanol–water partition coefficient (Wildman–Crippen LogP) is 1.28. The normalized spacial score (nSPS) is 28.0. The second-order valence-corrected chi connectivity index (χ2v) is 12.2. The van der Waals surface area contributed by atoms with Gasteiger partial charge in [0.15, 0.2) is 5.82 Å². The Hall–Kier alpha value is -1.80. The van der Waals surface area contributed by atoms with Crippen LogP contribution in [0, 0.1) is 10.1 Å². The molecule has 5 aliphatic rings. The molecule has 0 N–H and O–H groups in total. The van der Waals surface area contributed by atoms with E-state index in [1.165, 1.54) is 0 Å². The van der Waals surface area contributed by atoms with Gasteiger partial charge in [-0.1, -0.05) is 17.7 Å². The zero-order valence-corrected chi connectivity index (χ0v) is 21.0. The van der Waals surface area contributed by atoms with Crippen molar-refractivity contribution in [2.75, 3.05) is 72.3 Å². The molecular formula is C21H31ClN6O5Si. The average molecular weight is 511 g/mol. The van der Waals surface area contributed by atoms with Gasteiger partial charge in [0.2, 0.25) is 0 Å². The second kappa shape index (κ2) is 10.4. The third kappa shape index (κ3) is 5.38. The largest absolute Gasteiger partial charge is 0.501 e. The summed E-state index contributed by atoms with van der Waals surface area (Å²) >= 11 is 5.89. The lowest BCUT2D eigenvalue weighted by molar-refractivity contribution is -0.433. The van der Waals surface area contributed by atoms with Crippen molar-refractivity contribution in [2.24, 2.45) is 0 Å². The first kappa shape index (κ1) is 23.9. The molecule has 4 fully saturated rings. The molecule has 34 heavy (non-hydrogen) atoms. The molecule has 6 rings (SSSR count). The third-order valence-electron chi connectivity index (χ3n) is 6.77. The fourth-order valence-electron chi connectivity index (χ4n) is 5.08. The minimum atomic E-state index is -2.67. The maximum atomic E-state index is 12.0. The van der Waals surface area contributed by atoms with Crippen LogP contribution in [0.2, 0.25) is 11.2 Å². The molecule has 0 radical (unpaired) electrons. The molecule has 0 aromatic carbocycles. The summed E-state index contributed by atoms with van der Waals surface area (Å²) in [6.07, 6.45) is 2.55. The highest BCUT2D eigenvalue weighted by Gasteiger charge is 2.44. The van der Waals surface area contributed by atoms with Crippen LogP contribution < -0.4 is 0 Å². The SMILES string of the molecule is O=[N+]([O-])C1=C2N(Cc3ccc(Cl)nc3)CCN2CN(CCC[Si]23OCCN(CCO2)CCO3)C1. The molecule has 6 heterocycles. The number of rotatable bonds is 7. The molecular weight excluding hydrogens is 480 g/mol. The summed E-state index contributed by atoms with van der Waals surface area (Å²) in [5.41, 5.74) is 1.23. The van der Waals surface area contributed by atoms with Gasteiger partial charge in [0.1, 0.15) is 5.15 Å². The van der Waals surface area contributed by atoms with Crippen LogP contribution in [-0.2, 0) is 19.8 Å². The molecule has 0 atom stereocenters. The molecule has 11 nitrogen and oxygen atoms in total. The van der Waals surface area contributed by atoms with Gasteiger partial charge in [-0.3, -0.25) is 19.9 Å². The van der Waals surface area contributed by atoms with Gasteiger partial charge in [0.25, 0.3) is 5.70 Å². The number of nitro groups is 1. The van der Waals surface area contributed by atoms with E-state index in [2.05, 4.69) is 24.6 Å². The molecule has 186 valence electrons. The Morgan fingerprint density at radius 3 is 2.47 bits per heavy atom. The highest BCUT2D eigenvalue weighted by Crippen LogP contribution is 2.30. The van der Waals surface area contributed by atoms with E-state index in [-0.39, 0.29) is 10.6 Å². The zero-order valence-electron chi connectivity index (χ0n) is 19.2. The first-order valence-electron chi connectivity index (χ1n) is 11.9. The van der Waals surface area contributed by atoms with Gasteiger partial charge in [0, 0.05) is 58.1 Å². The second-order valence-electron chi connectivity index (χ2n) is 9.07. The highest BCUT2D eigenvalue weighted by atomic mass is 35.5. The summed E-state index contributed by atoms with van der Waals surface area (Å²) in [7, 11) is -2.67. The number of pyridine rings is 1. The van der Waals surface area contributed by atoms with Crippen molar-refractivity contribution in [1.29, 1.82) is 0 Å². The first-order chi connectivity index (χ1) is 16.5. The van der Waals surface area contributed by atoms with Gasteiger partial charge in [-0.2, -0.15) is 0 Å². The molecule has 0 amide bonds. The molecule has 2 bridgehead atoms. The minimum absolute atomic E-state index is 0.231. The molecule has 1 aromatic rings. The Kier molecular flexibility index (Phi) is 7.34. The van der Waals surface area contributed by atoms with E-state index < -0.39 is 8.80 Å². The quantitative estimate of drug-likeness (QED) is 0.231. The van der Waals surface area contributed by atoms with E-state index in [4.69, 9.17) is 24.9 Å². The van der Waals surface area contributed by atoms with Gasteiger partial charge < -0.3 is 23.1 Å². The molecule has 0 saturated carbocycles. The number of halogens is 1.